The van der Waals surface area contributed by atoms with Gasteiger partial charge < -0.3 is 5.32 Å². The van der Waals surface area contributed by atoms with E-state index in [1.807, 2.05) is 18.2 Å². The Hall–Kier alpha value is -3.22. The van der Waals surface area contributed by atoms with E-state index in [4.69, 9.17) is 0 Å². The highest BCUT2D eigenvalue weighted by Crippen LogP contribution is 2.16. The first-order valence-electron chi connectivity index (χ1n) is 7.10. The van der Waals surface area contributed by atoms with Crippen molar-refractivity contribution in [2.24, 2.45) is 4.99 Å². The summed E-state index contributed by atoms with van der Waals surface area (Å²) in [4.78, 5) is 32.6. The number of hydrogen-bond acceptors (Lipinski definition) is 5. The van der Waals surface area contributed by atoms with E-state index in [-0.39, 0.29) is 11.7 Å². The Morgan fingerprint density at radius 2 is 2.00 bits per heavy atom. The van der Waals surface area contributed by atoms with Crippen molar-refractivity contribution in [2.75, 3.05) is 10.3 Å². The third kappa shape index (κ3) is 3.18. The van der Waals surface area contributed by atoms with Gasteiger partial charge in [0.15, 0.2) is 0 Å². The zero-order chi connectivity index (χ0) is 16.2. The lowest BCUT2D eigenvalue weighted by atomic mass is 10.2. The Labute approximate surface area is 133 Å². The van der Waals surface area contributed by atoms with Crippen molar-refractivity contribution in [3.05, 3.63) is 54.9 Å². The van der Waals surface area contributed by atoms with Crippen LogP contribution in [0.4, 0.5) is 11.4 Å². The first-order chi connectivity index (χ1) is 11.1. The number of hydrogen-bond donors (Lipinski definition) is 2. The molecular weight excluding hydrogens is 294 g/mol. The number of rotatable bonds is 3. The highest BCUT2D eigenvalue weighted by molar-refractivity contribution is 6.43. The molecule has 1 aliphatic heterocycles. The van der Waals surface area contributed by atoms with Gasteiger partial charge in [-0.3, -0.25) is 20.0 Å². The van der Waals surface area contributed by atoms with Crippen LogP contribution in [0.15, 0.2) is 59.9 Å². The second-order valence-corrected chi connectivity index (χ2v) is 4.97. The van der Waals surface area contributed by atoms with Gasteiger partial charge in [0.05, 0.1) is 17.6 Å². The molecular formula is C16H15N5O2. The van der Waals surface area contributed by atoms with Crippen molar-refractivity contribution in [1.29, 1.82) is 0 Å². The second kappa shape index (κ2) is 6.27. The number of aliphatic imine (C=N–C) groups is 1. The smallest absolute Gasteiger partial charge is 0.292 e. The van der Waals surface area contributed by atoms with Crippen LogP contribution in [-0.2, 0) is 9.59 Å². The molecule has 2 aromatic rings. The third-order valence-corrected chi connectivity index (χ3v) is 3.27. The molecule has 2 amide bonds. The van der Waals surface area contributed by atoms with Crippen molar-refractivity contribution in [1.82, 2.24) is 10.4 Å². The van der Waals surface area contributed by atoms with Gasteiger partial charge in [0.25, 0.3) is 11.8 Å². The SMILES string of the molecule is C[C@H]1N=C(C(=O)Nc2cccnc2)NN(c2ccccc2)C1=O. The number of benzene rings is 1. The van der Waals surface area contributed by atoms with E-state index in [9.17, 15) is 9.59 Å². The molecule has 0 radical (unpaired) electrons. The van der Waals surface area contributed by atoms with Gasteiger partial charge in [-0.2, -0.15) is 0 Å². The topological polar surface area (TPSA) is 86.7 Å². The Morgan fingerprint density at radius 1 is 1.22 bits per heavy atom. The van der Waals surface area contributed by atoms with E-state index >= 15 is 0 Å². The van der Waals surface area contributed by atoms with E-state index in [0.29, 0.717) is 11.4 Å². The van der Waals surface area contributed by atoms with Crippen LogP contribution in [0, 0.1) is 0 Å². The summed E-state index contributed by atoms with van der Waals surface area (Å²) in [5.41, 5.74) is 3.97. The van der Waals surface area contributed by atoms with Gasteiger partial charge in [0.1, 0.15) is 6.04 Å². The third-order valence-electron chi connectivity index (χ3n) is 3.27. The molecule has 0 spiro atoms. The Kier molecular flexibility index (Phi) is 4.01. The molecule has 0 saturated heterocycles. The van der Waals surface area contributed by atoms with Gasteiger partial charge in [0, 0.05) is 6.20 Å². The summed E-state index contributed by atoms with van der Waals surface area (Å²) < 4.78 is 0. The first-order valence-corrected chi connectivity index (χ1v) is 7.10. The fourth-order valence-electron chi connectivity index (χ4n) is 2.13. The minimum absolute atomic E-state index is 0.0739. The molecule has 3 rings (SSSR count). The minimum Gasteiger partial charge on any atom is -0.318 e. The Balaban J connectivity index is 1.81. The van der Waals surface area contributed by atoms with Gasteiger partial charge in [-0.25, -0.2) is 10.0 Å². The zero-order valence-corrected chi connectivity index (χ0v) is 12.4. The predicted molar refractivity (Wildman–Crippen MR) is 86.8 cm³/mol. The Morgan fingerprint density at radius 3 is 2.70 bits per heavy atom. The molecule has 0 bridgehead atoms. The van der Waals surface area contributed by atoms with Crippen LogP contribution in [-0.4, -0.2) is 28.7 Å². The average Bonchev–Trinajstić information content (AvgIpc) is 2.59. The average molecular weight is 309 g/mol. The standard InChI is InChI=1S/C16H15N5O2/c1-11-16(23)21(13-7-3-2-4-8-13)20-14(18-11)15(22)19-12-6-5-9-17-10-12/h2-11H,1H3,(H,18,20)(H,19,22)/t11-/m1/s1. The van der Waals surface area contributed by atoms with Crippen molar-refractivity contribution >= 4 is 29.0 Å². The van der Waals surface area contributed by atoms with Crippen molar-refractivity contribution in [3.8, 4) is 0 Å². The molecule has 0 aliphatic carbocycles. The number of amidine groups is 1. The number of carbonyl (C=O) groups is 2. The van der Waals surface area contributed by atoms with Crippen LogP contribution in [0.3, 0.4) is 0 Å². The predicted octanol–water partition coefficient (Wildman–Crippen LogP) is 1.36. The molecule has 0 unspecified atom stereocenters. The van der Waals surface area contributed by atoms with Crippen LogP contribution >= 0.6 is 0 Å². The highest BCUT2D eigenvalue weighted by atomic mass is 16.2. The lowest BCUT2D eigenvalue weighted by molar-refractivity contribution is -0.120. The quantitative estimate of drug-likeness (QED) is 0.896. The maximum Gasteiger partial charge on any atom is 0.292 e. The van der Waals surface area contributed by atoms with E-state index in [0.717, 1.165) is 0 Å². The molecule has 7 nitrogen and oxygen atoms in total. The number of nitrogens with one attached hydrogen (secondary N) is 2. The van der Waals surface area contributed by atoms with Crippen molar-refractivity contribution < 1.29 is 9.59 Å². The number of para-hydroxylation sites is 1. The number of nitrogens with zero attached hydrogens (tertiary/aromatic N) is 3. The summed E-state index contributed by atoms with van der Waals surface area (Å²) in [6, 6.07) is 11.8. The lowest BCUT2D eigenvalue weighted by Crippen LogP contribution is -2.57. The molecule has 0 fully saturated rings. The highest BCUT2D eigenvalue weighted by Gasteiger charge is 2.30. The van der Waals surface area contributed by atoms with Crippen LogP contribution < -0.4 is 15.8 Å². The molecule has 2 N–H and O–H groups in total. The maximum absolute atomic E-state index is 12.3. The summed E-state index contributed by atoms with van der Waals surface area (Å²) in [5, 5.41) is 4.02. The number of amides is 2. The molecule has 23 heavy (non-hydrogen) atoms. The molecule has 7 heteroatoms. The summed E-state index contributed by atoms with van der Waals surface area (Å²) in [5.74, 6) is -0.586. The van der Waals surface area contributed by atoms with Crippen molar-refractivity contribution in [3.63, 3.8) is 0 Å². The number of hydrazine groups is 1. The molecule has 1 aliphatic rings. The second-order valence-electron chi connectivity index (χ2n) is 4.97. The monoisotopic (exact) mass is 309 g/mol. The van der Waals surface area contributed by atoms with E-state index < -0.39 is 11.9 Å². The fourth-order valence-corrected chi connectivity index (χ4v) is 2.13. The van der Waals surface area contributed by atoms with Gasteiger partial charge in [-0.05, 0) is 31.2 Å². The first kappa shape index (κ1) is 14.7. The summed E-state index contributed by atoms with van der Waals surface area (Å²) in [7, 11) is 0. The number of carbonyl (C=O) groups excluding carboxylic acids is 2. The molecule has 0 saturated carbocycles. The largest absolute Gasteiger partial charge is 0.318 e. The van der Waals surface area contributed by atoms with Crippen LogP contribution in [0.25, 0.3) is 0 Å². The lowest BCUT2D eigenvalue weighted by Gasteiger charge is -2.30. The van der Waals surface area contributed by atoms with Crippen LogP contribution in [0.2, 0.25) is 0 Å². The number of anilines is 2. The minimum atomic E-state index is -0.647. The summed E-state index contributed by atoms with van der Waals surface area (Å²) >= 11 is 0. The van der Waals surface area contributed by atoms with Crippen LogP contribution in [0.1, 0.15) is 6.92 Å². The Bertz CT molecular complexity index is 746. The number of pyridine rings is 1. The maximum atomic E-state index is 12.3. The number of aromatic nitrogens is 1. The van der Waals surface area contributed by atoms with Crippen LogP contribution in [0.5, 0.6) is 0 Å². The molecule has 1 aromatic carbocycles. The zero-order valence-electron chi connectivity index (χ0n) is 12.4. The fraction of sp³-hybridized carbons (Fsp3) is 0.125. The molecule has 1 atom stereocenters. The molecule has 1 aromatic heterocycles. The van der Waals surface area contributed by atoms with Gasteiger partial charge in [-0.1, -0.05) is 18.2 Å². The molecule has 2 heterocycles. The van der Waals surface area contributed by atoms with Gasteiger partial charge >= 0.3 is 0 Å². The van der Waals surface area contributed by atoms with E-state index in [2.05, 4.69) is 20.7 Å². The van der Waals surface area contributed by atoms with E-state index in [1.54, 1.807) is 37.4 Å². The van der Waals surface area contributed by atoms with Gasteiger partial charge in [0.2, 0.25) is 5.84 Å². The summed E-state index contributed by atoms with van der Waals surface area (Å²) in [6.45, 7) is 1.65. The van der Waals surface area contributed by atoms with E-state index in [1.165, 1.54) is 11.2 Å². The van der Waals surface area contributed by atoms with Crippen molar-refractivity contribution in [2.45, 2.75) is 13.0 Å². The normalized spacial score (nSPS) is 17.3. The summed E-state index contributed by atoms with van der Waals surface area (Å²) in [6.07, 6.45) is 3.15. The van der Waals surface area contributed by atoms with Gasteiger partial charge in [-0.15, -0.1) is 0 Å². The molecule has 116 valence electrons.